The molecule has 0 aromatic heterocycles. The van der Waals surface area contributed by atoms with Crippen molar-refractivity contribution in [3.8, 4) is 0 Å². The number of nitrogens with zero attached hydrogens (tertiary/aromatic N) is 1. The number of amides is 1. The van der Waals surface area contributed by atoms with Crippen molar-refractivity contribution < 1.29 is 9.90 Å². The molecule has 3 nitrogen and oxygen atoms in total. The van der Waals surface area contributed by atoms with Gasteiger partial charge in [0.15, 0.2) is 0 Å². The molecule has 1 amide bonds. The second kappa shape index (κ2) is 11.8. The van der Waals surface area contributed by atoms with Gasteiger partial charge in [-0.3, -0.25) is 4.79 Å². The van der Waals surface area contributed by atoms with Crippen LogP contribution >= 0.6 is 0 Å². The van der Waals surface area contributed by atoms with Gasteiger partial charge in [-0.2, -0.15) is 0 Å². The zero-order valence-corrected chi connectivity index (χ0v) is 18.7. The monoisotopic (exact) mass is 389 g/mol. The van der Waals surface area contributed by atoms with E-state index in [-0.39, 0.29) is 12.0 Å². The molecule has 1 N–H and O–H groups in total. The number of fused-ring (bicyclic) bond motifs is 1. The molecule has 0 spiro atoms. The van der Waals surface area contributed by atoms with Gasteiger partial charge in [0.1, 0.15) is 0 Å². The highest BCUT2D eigenvalue weighted by atomic mass is 16.3. The molecule has 0 radical (unpaired) electrons. The summed E-state index contributed by atoms with van der Waals surface area (Å²) in [5.74, 6) is 2.54. The van der Waals surface area contributed by atoms with Crippen LogP contribution in [0.4, 0.5) is 0 Å². The maximum absolute atomic E-state index is 11.7. The minimum absolute atomic E-state index is 0.167. The molecule has 2 aliphatic rings. The Bertz CT molecular complexity index is 537. The number of hydrogen-bond donors (Lipinski definition) is 1. The van der Waals surface area contributed by atoms with Crippen molar-refractivity contribution in [3.63, 3.8) is 0 Å². The molecular weight excluding hydrogens is 346 g/mol. The van der Waals surface area contributed by atoms with Crippen LogP contribution in [0.2, 0.25) is 0 Å². The lowest BCUT2D eigenvalue weighted by Crippen LogP contribution is -2.21. The summed E-state index contributed by atoms with van der Waals surface area (Å²) in [5, 5.41) is 10.5. The molecule has 0 bridgehead atoms. The summed E-state index contributed by atoms with van der Waals surface area (Å²) in [6.07, 6.45) is 19.3. The second-order valence-electron chi connectivity index (χ2n) is 9.49. The first-order chi connectivity index (χ1) is 13.4. The molecule has 1 fully saturated rings. The first-order valence-electron chi connectivity index (χ1n) is 11.7. The van der Waals surface area contributed by atoms with Gasteiger partial charge in [-0.05, 0) is 62.7 Å². The van der Waals surface area contributed by atoms with E-state index in [1.807, 2.05) is 14.1 Å². The Morgan fingerprint density at radius 3 is 2.79 bits per heavy atom. The Kier molecular flexibility index (Phi) is 9.77. The molecule has 2 rings (SSSR count). The van der Waals surface area contributed by atoms with E-state index in [9.17, 15) is 9.90 Å². The molecule has 0 aliphatic heterocycles. The highest BCUT2D eigenvalue weighted by Gasteiger charge is 2.43. The maximum Gasteiger partial charge on any atom is 0.222 e. The summed E-state index contributed by atoms with van der Waals surface area (Å²) in [6.45, 7) is 4.63. The predicted octanol–water partition coefficient (Wildman–Crippen LogP) is 5.74. The van der Waals surface area contributed by atoms with Crippen LogP contribution in [0.3, 0.4) is 0 Å². The average Bonchev–Trinajstić information content (AvgIpc) is 3.17. The lowest BCUT2D eigenvalue weighted by molar-refractivity contribution is -0.128. The summed E-state index contributed by atoms with van der Waals surface area (Å²) in [4.78, 5) is 13.4. The van der Waals surface area contributed by atoms with E-state index in [1.165, 1.54) is 25.7 Å². The highest BCUT2D eigenvalue weighted by Crippen LogP contribution is 2.48. The normalized spacial score (nSPS) is 27.8. The molecule has 0 unspecified atom stereocenters. The topological polar surface area (TPSA) is 40.5 Å². The number of aliphatic hydroxyl groups is 1. The van der Waals surface area contributed by atoms with Gasteiger partial charge in [0.25, 0.3) is 0 Å². The van der Waals surface area contributed by atoms with Crippen LogP contribution in [0, 0.1) is 23.7 Å². The zero-order chi connectivity index (χ0) is 20.5. The molecule has 3 heteroatoms. The molecule has 0 saturated heterocycles. The fourth-order valence-corrected chi connectivity index (χ4v) is 4.97. The first kappa shape index (κ1) is 23.2. The quantitative estimate of drug-likeness (QED) is 0.341. The van der Waals surface area contributed by atoms with E-state index in [4.69, 9.17) is 0 Å². The second-order valence-corrected chi connectivity index (χ2v) is 9.49. The van der Waals surface area contributed by atoms with E-state index >= 15 is 0 Å². The van der Waals surface area contributed by atoms with E-state index in [0.29, 0.717) is 24.2 Å². The van der Waals surface area contributed by atoms with Crippen molar-refractivity contribution in [2.24, 2.45) is 23.7 Å². The summed E-state index contributed by atoms with van der Waals surface area (Å²) in [7, 11) is 3.65. The molecule has 5 atom stereocenters. The maximum atomic E-state index is 11.7. The fraction of sp³-hybridized carbons (Fsp3) is 0.800. The average molecular weight is 390 g/mol. The van der Waals surface area contributed by atoms with Crippen LogP contribution in [-0.2, 0) is 4.79 Å². The van der Waals surface area contributed by atoms with Crippen LogP contribution in [0.5, 0.6) is 0 Å². The number of unbranched alkanes of at least 4 members (excludes halogenated alkanes) is 2. The minimum atomic E-state index is -0.167. The van der Waals surface area contributed by atoms with Gasteiger partial charge in [0, 0.05) is 26.4 Å². The summed E-state index contributed by atoms with van der Waals surface area (Å²) in [5.41, 5.74) is 1.56. The third-order valence-corrected chi connectivity index (χ3v) is 6.82. The van der Waals surface area contributed by atoms with Crippen molar-refractivity contribution in [2.45, 2.75) is 90.6 Å². The zero-order valence-electron chi connectivity index (χ0n) is 18.7. The van der Waals surface area contributed by atoms with Gasteiger partial charge in [-0.15, -0.1) is 0 Å². The molecule has 1 saturated carbocycles. The van der Waals surface area contributed by atoms with Crippen LogP contribution in [0.25, 0.3) is 0 Å². The molecule has 0 aromatic carbocycles. The van der Waals surface area contributed by atoms with Gasteiger partial charge in [-0.25, -0.2) is 0 Å². The van der Waals surface area contributed by atoms with Crippen molar-refractivity contribution in [3.05, 3.63) is 23.8 Å². The van der Waals surface area contributed by atoms with Gasteiger partial charge in [0.05, 0.1) is 6.10 Å². The minimum Gasteiger partial charge on any atom is -0.392 e. The van der Waals surface area contributed by atoms with Crippen molar-refractivity contribution in [2.75, 3.05) is 14.1 Å². The van der Waals surface area contributed by atoms with E-state index in [1.54, 1.807) is 10.5 Å². The lowest BCUT2D eigenvalue weighted by atomic mass is 9.88. The van der Waals surface area contributed by atoms with Crippen LogP contribution in [0.15, 0.2) is 23.8 Å². The van der Waals surface area contributed by atoms with Gasteiger partial charge in [0.2, 0.25) is 5.91 Å². The van der Waals surface area contributed by atoms with E-state index in [0.717, 1.165) is 44.4 Å². The third kappa shape index (κ3) is 7.06. The number of aliphatic hydroxyl groups excluding tert-OH is 1. The largest absolute Gasteiger partial charge is 0.392 e. The molecule has 160 valence electrons. The van der Waals surface area contributed by atoms with Crippen molar-refractivity contribution >= 4 is 5.91 Å². The van der Waals surface area contributed by atoms with Crippen LogP contribution in [-0.4, -0.2) is 36.1 Å². The lowest BCUT2D eigenvalue weighted by Gasteiger charge is -2.18. The van der Waals surface area contributed by atoms with Crippen LogP contribution in [0.1, 0.15) is 84.5 Å². The fourth-order valence-electron chi connectivity index (χ4n) is 4.97. The smallest absolute Gasteiger partial charge is 0.222 e. The van der Waals surface area contributed by atoms with Gasteiger partial charge in [-0.1, -0.05) is 56.9 Å². The Morgan fingerprint density at radius 2 is 2.07 bits per heavy atom. The van der Waals surface area contributed by atoms with Crippen LogP contribution < -0.4 is 0 Å². The Balaban J connectivity index is 1.71. The molecule has 2 aliphatic carbocycles. The van der Waals surface area contributed by atoms with E-state index < -0.39 is 0 Å². The first-order valence-corrected chi connectivity index (χ1v) is 11.7. The molecule has 0 aromatic rings. The molecule has 0 heterocycles. The standard InChI is InChI=1S/C25H43NO2/c1-5-6-11-19(2)12-7-9-14-22-23-17-20(16-21(23)18-24(22)27)13-8-10-15-25(28)26(3)4/h9,14,16,19,21-24,27H,5-8,10-13,15,17-18H2,1-4H3/b14-9+/t19-,21-,22+,23-,24+/m0/s1. The Hall–Kier alpha value is -1.09. The predicted molar refractivity (Wildman–Crippen MR) is 118 cm³/mol. The number of hydrogen-bond acceptors (Lipinski definition) is 2. The van der Waals surface area contributed by atoms with E-state index in [2.05, 4.69) is 32.1 Å². The third-order valence-electron chi connectivity index (χ3n) is 6.82. The Labute approximate surface area is 173 Å². The summed E-state index contributed by atoms with van der Waals surface area (Å²) >= 11 is 0. The molecular formula is C25H43NO2. The van der Waals surface area contributed by atoms with Gasteiger partial charge >= 0.3 is 0 Å². The Morgan fingerprint density at radius 1 is 1.29 bits per heavy atom. The number of carbonyl (C=O) groups is 1. The SMILES string of the molecule is CCCC[C@H](C)CC/C=C/[C@@H]1[C@H]2CC(CCCCC(=O)N(C)C)=C[C@H]2C[C@H]1O. The summed E-state index contributed by atoms with van der Waals surface area (Å²) in [6, 6.07) is 0. The number of rotatable bonds is 12. The molecule has 28 heavy (non-hydrogen) atoms. The van der Waals surface area contributed by atoms with Crippen molar-refractivity contribution in [1.82, 2.24) is 4.90 Å². The van der Waals surface area contributed by atoms with Gasteiger partial charge < -0.3 is 10.0 Å². The summed E-state index contributed by atoms with van der Waals surface area (Å²) < 4.78 is 0. The van der Waals surface area contributed by atoms with Crippen molar-refractivity contribution in [1.29, 1.82) is 0 Å². The number of allylic oxidation sites excluding steroid dienone is 3. The number of carbonyl (C=O) groups excluding carboxylic acids is 1. The highest BCUT2D eigenvalue weighted by molar-refractivity contribution is 5.75.